The first kappa shape index (κ1) is 18.9. The monoisotopic (exact) mass is 379 g/mol. The minimum Gasteiger partial charge on any atom is -0.382 e. The fourth-order valence-electron chi connectivity index (χ4n) is 4.19. The lowest BCUT2D eigenvalue weighted by molar-refractivity contribution is -0.122. The van der Waals surface area contributed by atoms with Gasteiger partial charge in [-0.05, 0) is 54.9 Å². The van der Waals surface area contributed by atoms with Crippen LogP contribution in [0.25, 0.3) is 0 Å². The summed E-state index contributed by atoms with van der Waals surface area (Å²) in [5, 5.41) is 3.28. The van der Waals surface area contributed by atoms with E-state index in [-0.39, 0.29) is 11.4 Å². The van der Waals surface area contributed by atoms with Crippen LogP contribution < -0.4 is 10.2 Å². The van der Waals surface area contributed by atoms with Crippen molar-refractivity contribution in [2.75, 3.05) is 31.7 Å². The van der Waals surface area contributed by atoms with Crippen molar-refractivity contribution >= 4 is 11.6 Å². The molecule has 2 fully saturated rings. The van der Waals surface area contributed by atoms with Gasteiger partial charge in [-0.15, -0.1) is 0 Å². The number of aryl methyl sites for hydroxylation is 1. The normalized spacial score (nSPS) is 21.7. The van der Waals surface area contributed by atoms with Gasteiger partial charge < -0.3 is 15.0 Å². The van der Waals surface area contributed by atoms with Gasteiger partial charge in [-0.3, -0.25) is 9.78 Å². The van der Waals surface area contributed by atoms with E-state index in [9.17, 15) is 4.79 Å². The molecule has 148 valence electrons. The summed E-state index contributed by atoms with van der Waals surface area (Å²) in [5.41, 5.74) is 4.34. The van der Waals surface area contributed by atoms with Crippen LogP contribution in [0.5, 0.6) is 0 Å². The molecule has 0 radical (unpaired) electrons. The van der Waals surface area contributed by atoms with Gasteiger partial charge in [0.15, 0.2) is 0 Å². The smallest absolute Gasteiger partial charge is 0.224 e. The van der Waals surface area contributed by atoms with Gasteiger partial charge in [-0.1, -0.05) is 24.3 Å². The molecule has 1 saturated heterocycles. The molecular weight excluding hydrogens is 350 g/mol. The maximum absolute atomic E-state index is 12.8. The number of ether oxygens (including phenoxy) is 1. The van der Waals surface area contributed by atoms with Crippen molar-refractivity contribution in [3.8, 4) is 0 Å². The number of hydrogen-bond acceptors (Lipinski definition) is 4. The highest BCUT2D eigenvalue weighted by Crippen LogP contribution is 2.39. The van der Waals surface area contributed by atoms with Crippen molar-refractivity contribution in [1.29, 1.82) is 0 Å². The molecule has 5 nitrogen and oxygen atoms in total. The lowest BCUT2D eigenvalue weighted by atomic mass is 9.98. The van der Waals surface area contributed by atoms with Crippen LogP contribution in [0.15, 0.2) is 42.7 Å². The van der Waals surface area contributed by atoms with E-state index in [2.05, 4.69) is 45.5 Å². The molecule has 1 atom stereocenters. The second kappa shape index (κ2) is 7.92. The first-order valence-corrected chi connectivity index (χ1v) is 10.1. The first-order valence-electron chi connectivity index (χ1n) is 10.1. The predicted octanol–water partition coefficient (Wildman–Crippen LogP) is 3.22. The average molecular weight is 380 g/mol. The van der Waals surface area contributed by atoms with Crippen molar-refractivity contribution in [3.05, 3.63) is 59.4 Å². The van der Waals surface area contributed by atoms with E-state index < -0.39 is 0 Å². The zero-order valence-electron chi connectivity index (χ0n) is 16.8. The number of methoxy groups -OCH3 is 1. The SMILES string of the molecule is COCC1(NC(=O)Cc2ccc(C3CC3)cc2)CCN(c2cncc(C)c2)C1. The van der Waals surface area contributed by atoms with Crippen LogP contribution in [0, 0.1) is 6.92 Å². The van der Waals surface area contributed by atoms with Gasteiger partial charge in [0.05, 0.1) is 30.5 Å². The molecule has 5 heteroatoms. The number of pyridine rings is 1. The lowest BCUT2D eigenvalue weighted by Gasteiger charge is -2.30. The second-order valence-corrected chi connectivity index (χ2v) is 8.35. The number of hydrogen-bond donors (Lipinski definition) is 1. The summed E-state index contributed by atoms with van der Waals surface area (Å²) in [6, 6.07) is 10.7. The Bertz CT molecular complexity index is 832. The highest BCUT2D eigenvalue weighted by atomic mass is 16.5. The molecule has 1 amide bonds. The summed E-state index contributed by atoms with van der Waals surface area (Å²) >= 11 is 0. The Morgan fingerprint density at radius 2 is 2.07 bits per heavy atom. The molecule has 28 heavy (non-hydrogen) atoms. The van der Waals surface area contributed by atoms with E-state index in [0.717, 1.165) is 42.2 Å². The number of anilines is 1. The lowest BCUT2D eigenvalue weighted by Crippen LogP contribution is -2.54. The topological polar surface area (TPSA) is 54.5 Å². The summed E-state index contributed by atoms with van der Waals surface area (Å²) in [6.07, 6.45) is 7.61. The molecule has 2 aliphatic rings. The van der Waals surface area contributed by atoms with Crippen LogP contribution in [0.3, 0.4) is 0 Å². The van der Waals surface area contributed by atoms with Gasteiger partial charge >= 0.3 is 0 Å². The Balaban J connectivity index is 1.40. The van der Waals surface area contributed by atoms with E-state index in [4.69, 9.17) is 4.74 Å². The van der Waals surface area contributed by atoms with Gasteiger partial charge in [-0.25, -0.2) is 0 Å². The Kier molecular flexibility index (Phi) is 5.36. The molecule has 0 bridgehead atoms. The fourth-order valence-corrected chi connectivity index (χ4v) is 4.19. The third-order valence-electron chi connectivity index (χ3n) is 5.80. The van der Waals surface area contributed by atoms with Crippen LogP contribution in [-0.4, -0.2) is 43.2 Å². The maximum Gasteiger partial charge on any atom is 0.224 e. The number of amides is 1. The molecule has 2 heterocycles. The number of nitrogens with one attached hydrogen (secondary N) is 1. The van der Waals surface area contributed by atoms with Crippen LogP contribution >= 0.6 is 0 Å². The summed E-state index contributed by atoms with van der Waals surface area (Å²) < 4.78 is 5.48. The van der Waals surface area contributed by atoms with Crippen LogP contribution in [0.2, 0.25) is 0 Å². The van der Waals surface area contributed by atoms with Gasteiger partial charge in [-0.2, -0.15) is 0 Å². The van der Waals surface area contributed by atoms with Gasteiger partial charge in [0, 0.05) is 26.4 Å². The number of nitrogens with zero attached hydrogens (tertiary/aromatic N) is 2. The molecule has 1 unspecified atom stereocenters. The molecule has 1 aliphatic heterocycles. The second-order valence-electron chi connectivity index (χ2n) is 8.35. The molecule has 1 aliphatic carbocycles. The number of aromatic nitrogens is 1. The standard InChI is InChI=1S/C23H29N3O2/c1-17-11-21(14-24-13-17)26-10-9-23(15-26,16-28-2)25-22(27)12-18-3-5-19(6-4-18)20-7-8-20/h3-6,11,13-14,20H,7-10,12,15-16H2,1-2H3,(H,25,27). The Hall–Kier alpha value is -2.40. The van der Waals surface area contributed by atoms with Crippen LogP contribution in [0.1, 0.15) is 41.9 Å². The molecule has 1 N–H and O–H groups in total. The van der Waals surface area contributed by atoms with Crippen molar-refractivity contribution in [1.82, 2.24) is 10.3 Å². The average Bonchev–Trinajstić information content (AvgIpc) is 3.44. The van der Waals surface area contributed by atoms with Gasteiger partial charge in [0.2, 0.25) is 5.91 Å². The summed E-state index contributed by atoms with van der Waals surface area (Å²) in [6.45, 7) is 4.17. The van der Waals surface area contributed by atoms with Crippen LogP contribution in [-0.2, 0) is 16.0 Å². The molecule has 0 spiro atoms. The molecule has 1 saturated carbocycles. The minimum atomic E-state index is -0.358. The third-order valence-corrected chi connectivity index (χ3v) is 5.80. The van der Waals surface area contributed by atoms with Crippen molar-refractivity contribution in [2.24, 2.45) is 0 Å². The minimum absolute atomic E-state index is 0.0560. The zero-order chi connectivity index (χ0) is 19.6. The Morgan fingerprint density at radius 1 is 1.29 bits per heavy atom. The van der Waals surface area contributed by atoms with Gasteiger partial charge in [0.1, 0.15) is 0 Å². The molecule has 1 aromatic carbocycles. The maximum atomic E-state index is 12.8. The highest BCUT2D eigenvalue weighted by Gasteiger charge is 2.39. The van der Waals surface area contributed by atoms with Gasteiger partial charge in [0.25, 0.3) is 0 Å². The molecule has 2 aromatic rings. The number of rotatable bonds is 7. The third kappa shape index (κ3) is 4.36. The Labute approximate surface area is 167 Å². The van der Waals surface area contributed by atoms with Crippen LogP contribution in [0.4, 0.5) is 5.69 Å². The fraction of sp³-hybridized carbons (Fsp3) is 0.478. The predicted molar refractivity (Wildman–Crippen MR) is 111 cm³/mol. The van der Waals surface area contributed by atoms with E-state index in [0.29, 0.717) is 13.0 Å². The number of carbonyl (C=O) groups is 1. The van der Waals surface area contributed by atoms with E-state index >= 15 is 0 Å². The number of benzene rings is 1. The molecule has 4 rings (SSSR count). The first-order chi connectivity index (χ1) is 13.6. The quantitative estimate of drug-likeness (QED) is 0.803. The largest absolute Gasteiger partial charge is 0.382 e. The van der Waals surface area contributed by atoms with E-state index in [1.54, 1.807) is 7.11 Å². The van der Waals surface area contributed by atoms with E-state index in [1.807, 2.05) is 19.3 Å². The zero-order valence-corrected chi connectivity index (χ0v) is 16.8. The molecular formula is C23H29N3O2. The summed E-state index contributed by atoms with van der Waals surface area (Å²) in [5.74, 6) is 0.800. The molecule has 1 aromatic heterocycles. The number of carbonyl (C=O) groups excluding carboxylic acids is 1. The van der Waals surface area contributed by atoms with Crippen molar-refractivity contribution < 1.29 is 9.53 Å². The van der Waals surface area contributed by atoms with E-state index in [1.165, 1.54) is 18.4 Å². The summed E-state index contributed by atoms with van der Waals surface area (Å²) in [4.78, 5) is 19.4. The van der Waals surface area contributed by atoms with Crippen molar-refractivity contribution in [2.45, 2.75) is 44.1 Å². The Morgan fingerprint density at radius 3 is 2.75 bits per heavy atom. The van der Waals surface area contributed by atoms with Crippen molar-refractivity contribution in [3.63, 3.8) is 0 Å². The summed E-state index contributed by atoms with van der Waals surface area (Å²) in [7, 11) is 1.70. The highest BCUT2D eigenvalue weighted by molar-refractivity contribution is 5.79.